The van der Waals surface area contributed by atoms with Crippen LogP contribution >= 0.6 is 0 Å². The summed E-state index contributed by atoms with van der Waals surface area (Å²) in [4.78, 5) is 24.0. The predicted octanol–water partition coefficient (Wildman–Crippen LogP) is 4.23. The van der Waals surface area contributed by atoms with E-state index in [0.717, 1.165) is 10.9 Å². The van der Waals surface area contributed by atoms with Gasteiger partial charge in [0.05, 0.1) is 19.8 Å². The Morgan fingerprint density at radius 1 is 0.885 bits per heavy atom. The van der Waals surface area contributed by atoms with Crippen molar-refractivity contribution >= 4 is 22.7 Å². The van der Waals surface area contributed by atoms with Crippen molar-refractivity contribution < 1.29 is 23.8 Å². The minimum atomic E-state index is -0.505. The number of rotatable bonds is 4. The lowest BCUT2D eigenvalue weighted by atomic mass is 9.92. The fourth-order valence-electron chi connectivity index (χ4n) is 2.92. The topological polar surface area (TPSA) is 61.8 Å². The number of esters is 2. The largest absolute Gasteiger partial charge is 0.497 e. The zero-order chi connectivity index (χ0) is 18.7. The van der Waals surface area contributed by atoms with Crippen LogP contribution in [0.4, 0.5) is 0 Å². The predicted molar refractivity (Wildman–Crippen MR) is 98.6 cm³/mol. The molecule has 0 atom stereocenters. The van der Waals surface area contributed by atoms with E-state index in [9.17, 15) is 9.59 Å². The molecule has 0 saturated carbocycles. The van der Waals surface area contributed by atoms with Crippen LogP contribution in [0.25, 0.3) is 21.9 Å². The van der Waals surface area contributed by atoms with Gasteiger partial charge in [0, 0.05) is 17.9 Å². The van der Waals surface area contributed by atoms with Crippen LogP contribution in [-0.4, -0.2) is 26.2 Å². The van der Waals surface area contributed by atoms with Gasteiger partial charge >= 0.3 is 11.9 Å². The summed E-state index contributed by atoms with van der Waals surface area (Å²) in [7, 11) is 2.88. The minimum Gasteiger partial charge on any atom is -0.497 e. The normalized spacial score (nSPS) is 10.4. The number of benzene rings is 3. The highest BCUT2D eigenvalue weighted by Gasteiger charge is 2.21. The number of methoxy groups -OCH3 is 2. The first-order chi connectivity index (χ1) is 12.5. The molecule has 5 nitrogen and oxygen atoms in total. The van der Waals surface area contributed by atoms with Crippen molar-refractivity contribution in [1.29, 1.82) is 0 Å². The molecule has 0 aliphatic carbocycles. The summed E-state index contributed by atoms with van der Waals surface area (Å²) in [6.07, 6.45) is 0. The summed E-state index contributed by atoms with van der Waals surface area (Å²) in [5.74, 6) is -0.0745. The lowest BCUT2D eigenvalue weighted by Crippen LogP contribution is -2.08. The van der Waals surface area contributed by atoms with Gasteiger partial charge in [-0.15, -0.1) is 0 Å². The average molecular weight is 350 g/mol. The number of hydrogen-bond acceptors (Lipinski definition) is 5. The second-order valence-electron chi connectivity index (χ2n) is 5.66. The second kappa shape index (κ2) is 7.27. The fraction of sp³-hybridized carbons (Fsp3) is 0.143. The summed E-state index contributed by atoms with van der Waals surface area (Å²) in [6.45, 7) is 1.31. The van der Waals surface area contributed by atoms with Gasteiger partial charge in [0.1, 0.15) is 11.5 Å². The molecular weight excluding hydrogens is 332 g/mol. The molecule has 132 valence electrons. The Hall–Kier alpha value is -3.34. The van der Waals surface area contributed by atoms with E-state index in [4.69, 9.17) is 14.2 Å². The quantitative estimate of drug-likeness (QED) is 0.520. The maximum atomic E-state index is 12.4. The summed E-state index contributed by atoms with van der Waals surface area (Å²) < 4.78 is 15.6. The van der Waals surface area contributed by atoms with E-state index in [0.29, 0.717) is 22.3 Å². The van der Waals surface area contributed by atoms with Crippen molar-refractivity contribution in [1.82, 2.24) is 0 Å². The van der Waals surface area contributed by atoms with Gasteiger partial charge in [0.15, 0.2) is 0 Å². The highest BCUT2D eigenvalue weighted by molar-refractivity contribution is 6.11. The molecule has 0 aromatic heterocycles. The minimum absolute atomic E-state index is 0.284. The molecule has 0 bridgehead atoms. The van der Waals surface area contributed by atoms with Crippen molar-refractivity contribution in [2.45, 2.75) is 6.92 Å². The number of ether oxygens (including phenoxy) is 3. The summed E-state index contributed by atoms with van der Waals surface area (Å²) in [6, 6.07) is 16.5. The molecule has 0 saturated heterocycles. The molecule has 3 rings (SSSR count). The Labute approximate surface area is 151 Å². The Bertz CT molecular complexity index is 977. The van der Waals surface area contributed by atoms with Crippen LogP contribution in [0.3, 0.4) is 0 Å². The van der Waals surface area contributed by atoms with Crippen LogP contribution in [0.1, 0.15) is 17.3 Å². The van der Waals surface area contributed by atoms with Crippen molar-refractivity contribution in [3.8, 4) is 22.6 Å². The SMILES string of the molecule is COC(=O)c1cc(OC(C)=O)c2cc(OC)ccc2c1-c1ccccc1. The van der Waals surface area contributed by atoms with Gasteiger partial charge in [-0.05, 0) is 35.2 Å². The first kappa shape index (κ1) is 17.5. The molecule has 3 aromatic rings. The molecule has 0 heterocycles. The van der Waals surface area contributed by atoms with Crippen LogP contribution in [0.5, 0.6) is 11.5 Å². The van der Waals surface area contributed by atoms with Gasteiger partial charge in [-0.25, -0.2) is 4.79 Å². The van der Waals surface area contributed by atoms with Gasteiger partial charge in [-0.2, -0.15) is 0 Å². The van der Waals surface area contributed by atoms with Crippen LogP contribution in [0.2, 0.25) is 0 Å². The Morgan fingerprint density at radius 3 is 2.23 bits per heavy atom. The zero-order valence-corrected chi connectivity index (χ0v) is 14.7. The number of fused-ring (bicyclic) bond motifs is 1. The molecule has 3 aromatic carbocycles. The van der Waals surface area contributed by atoms with Crippen LogP contribution in [0, 0.1) is 0 Å². The third-order valence-electron chi connectivity index (χ3n) is 4.03. The highest BCUT2D eigenvalue weighted by atomic mass is 16.5. The van der Waals surface area contributed by atoms with E-state index in [2.05, 4.69) is 0 Å². The third-order valence-corrected chi connectivity index (χ3v) is 4.03. The van der Waals surface area contributed by atoms with E-state index in [1.54, 1.807) is 19.2 Å². The van der Waals surface area contributed by atoms with Gasteiger partial charge < -0.3 is 14.2 Å². The van der Waals surface area contributed by atoms with Gasteiger partial charge in [-0.1, -0.05) is 30.3 Å². The van der Waals surface area contributed by atoms with E-state index < -0.39 is 11.9 Å². The van der Waals surface area contributed by atoms with Crippen LogP contribution < -0.4 is 9.47 Å². The molecule has 0 spiro atoms. The van der Waals surface area contributed by atoms with Crippen molar-refractivity contribution in [3.63, 3.8) is 0 Å². The highest BCUT2D eigenvalue weighted by Crippen LogP contribution is 2.39. The standard InChI is InChI=1S/C21H18O5/c1-13(22)26-19-12-18(21(23)25-3)20(14-7-5-4-6-8-14)16-10-9-15(24-2)11-17(16)19/h4-12H,1-3H3. The van der Waals surface area contributed by atoms with E-state index >= 15 is 0 Å². The molecule has 0 fully saturated rings. The second-order valence-corrected chi connectivity index (χ2v) is 5.66. The van der Waals surface area contributed by atoms with Gasteiger partial charge in [0.25, 0.3) is 0 Å². The smallest absolute Gasteiger partial charge is 0.338 e. The van der Waals surface area contributed by atoms with Gasteiger partial charge in [-0.3, -0.25) is 4.79 Å². The Balaban J connectivity index is 2.42. The number of hydrogen-bond donors (Lipinski definition) is 0. The molecule has 0 unspecified atom stereocenters. The maximum absolute atomic E-state index is 12.4. The average Bonchev–Trinajstić information content (AvgIpc) is 2.67. The van der Waals surface area contributed by atoms with E-state index in [1.807, 2.05) is 36.4 Å². The molecule has 5 heteroatoms. The molecular formula is C21H18O5. The summed E-state index contributed by atoms with van der Waals surface area (Å²) >= 11 is 0. The lowest BCUT2D eigenvalue weighted by Gasteiger charge is -2.16. The third kappa shape index (κ3) is 3.24. The number of carbonyl (C=O) groups excluding carboxylic acids is 2. The summed E-state index contributed by atoms with van der Waals surface area (Å²) in [5.41, 5.74) is 1.90. The van der Waals surface area contributed by atoms with Crippen molar-refractivity contribution in [3.05, 3.63) is 60.2 Å². The van der Waals surface area contributed by atoms with Crippen molar-refractivity contribution in [2.24, 2.45) is 0 Å². The molecule has 0 N–H and O–H groups in total. The van der Waals surface area contributed by atoms with Crippen LogP contribution in [-0.2, 0) is 9.53 Å². The molecule has 0 amide bonds. The van der Waals surface area contributed by atoms with Crippen LogP contribution in [0.15, 0.2) is 54.6 Å². The monoisotopic (exact) mass is 350 g/mol. The first-order valence-electron chi connectivity index (χ1n) is 8.02. The zero-order valence-electron chi connectivity index (χ0n) is 14.7. The molecule has 0 radical (unpaired) electrons. The lowest BCUT2D eigenvalue weighted by molar-refractivity contribution is -0.131. The Kier molecular flexibility index (Phi) is 4.89. The van der Waals surface area contributed by atoms with Gasteiger partial charge in [0.2, 0.25) is 0 Å². The first-order valence-corrected chi connectivity index (χ1v) is 8.02. The fourth-order valence-corrected chi connectivity index (χ4v) is 2.92. The van der Waals surface area contributed by atoms with Crippen molar-refractivity contribution in [2.75, 3.05) is 14.2 Å². The molecule has 0 aliphatic rings. The maximum Gasteiger partial charge on any atom is 0.338 e. The molecule has 26 heavy (non-hydrogen) atoms. The number of carbonyl (C=O) groups is 2. The Morgan fingerprint density at radius 2 is 1.62 bits per heavy atom. The van der Waals surface area contributed by atoms with E-state index in [-0.39, 0.29) is 5.75 Å². The molecule has 0 aliphatic heterocycles. The summed E-state index contributed by atoms with van der Waals surface area (Å²) in [5, 5.41) is 1.43. The van der Waals surface area contributed by atoms with E-state index in [1.165, 1.54) is 20.1 Å².